The number of anilines is 1. The van der Waals surface area contributed by atoms with Gasteiger partial charge >= 0.3 is 0 Å². The maximum absolute atomic E-state index is 9.90. The Kier molecular flexibility index (Phi) is 5.36. The SMILES string of the molecule is CC1OCCC1SCC(O)COc1ccc(N)cc1. The van der Waals surface area contributed by atoms with Crippen LogP contribution in [-0.2, 0) is 4.74 Å². The normalized spacial score (nSPS) is 24.3. The van der Waals surface area contributed by atoms with Crippen molar-refractivity contribution in [3.8, 4) is 5.75 Å². The summed E-state index contributed by atoms with van der Waals surface area (Å²) in [6.45, 7) is 3.22. The molecule has 0 amide bonds. The van der Waals surface area contributed by atoms with Gasteiger partial charge in [0.05, 0.1) is 12.2 Å². The fourth-order valence-electron chi connectivity index (χ4n) is 1.97. The van der Waals surface area contributed by atoms with E-state index in [1.165, 1.54) is 0 Å². The van der Waals surface area contributed by atoms with Gasteiger partial charge in [0.2, 0.25) is 0 Å². The number of hydrogen-bond acceptors (Lipinski definition) is 5. The molecule has 1 aromatic carbocycles. The molecule has 106 valence electrons. The van der Waals surface area contributed by atoms with Crippen LogP contribution in [0.3, 0.4) is 0 Å². The molecule has 5 heteroatoms. The molecular weight excluding hydrogens is 262 g/mol. The zero-order chi connectivity index (χ0) is 13.7. The standard InChI is InChI=1S/C14H21NO3S/c1-10-14(6-7-17-10)19-9-12(16)8-18-13-4-2-11(15)3-5-13/h2-5,10,12,14,16H,6-9,15H2,1H3. The number of nitrogens with two attached hydrogens (primary N) is 1. The van der Waals surface area contributed by atoms with E-state index >= 15 is 0 Å². The monoisotopic (exact) mass is 283 g/mol. The van der Waals surface area contributed by atoms with Gasteiger partial charge in [0.25, 0.3) is 0 Å². The molecule has 0 aliphatic carbocycles. The number of aliphatic hydroxyl groups is 1. The molecule has 0 aromatic heterocycles. The second-order valence-corrected chi connectivity index (χ2v) is 6.04. The molecule has 4 nitrogen and oxygen atoms in total. The van der Waals surface area contributed by atoms with Gasteiger partial charge in [-0.05, 0) is 37.6 Å². The number of nitrogen functional groups attached to an aromatic ring is 1. The molecule has 1 saturated heterocycles. The maximum Gasteiger partial charge on any atom is 0.119 e. The van der Waals surface area contributed by atoms with Crippen LogP contribution < -0.4 is 10.5 Å². The van der Waals surface area contributed by atoms with Gasteiger partial charge in [0, 0.05) is 23.3 Å². The van der Waals surface area contributed by atoms with E-state index in [4.69, 9.17) is 15.2 Å². The van der Waals surface area contributed by atoms with Crippen molar-refractivity contribution < 1.29 is 14.6 Å². The highest BCUT2D eigenvalue weighted by atomic mass is 32.2. The molecule has 0 spiro atoms. The number of thioether (sulfide) groups is 1. The third-order valence-corrected chi connectivity index (χ3v) is 4.76. The van der Waals surface area contributed by atoms with Gasteiger partial charge in [-0.3, -0.25) is 0 Å². The van der Waals surface area contributed by atoms with Crippen LogP contribution in [0.1, 0.15) is 13.3 Å². The van der Waals surface area contributed by atoms with Gasteiger partial charge in [-0.15, -0.1) is 0 Å². The van der Waals surface area contributed by atoms with Crippen molar-refractivity contribution >= 4 is 17.4 Å². The minimum absolute atomic E-state index is 0.287. The first-order chi connectivity index (χ1) is 9.15. The minimum Gasteiger partial charge on any atom is -0.491 e. The number of benzene rings is 1. The van der Waals surface area contributed by atoms with Crippen molar-refractivity contribution in [2.75, 3.05) is 24.7 Å². The van der Waals surface area contributed by atoms with Crippen molar-refractivity contribution in [1.82, 2.24) is 0 Å². The molecule has 1 aromatic rings. The van der Waals surface area contributed by atoms with Crippen LogP contribution in [-0.4, -0.2) is 41.5 Å². The van der Waals surface area contributed by atoms with E-state index in [2.05, 4.69) is 6.92 Å². The zero-order valence-corrected chi connectivity index (χ0v) is 11.9. The van der Waals surface area contributed by atoms with E-state index in [0.717, 1.165) is 18.8 Å². The summed E-state index contributed by atoms with van der Waals surface area (Å²) in [6.07, 6.45) is 0.891. The van der Waals surface area contributed by atoms with Crippen molar-refractivity contribution in [3.63, 3.8) is 0 Å². The van der Waals surface area contributed by atoms with Gasteiger partial charge in [-0.1, -0.05) is 0 Å². The lowest BCUT2D eigenvalue weighted by Gasteiger charge is -2.17. The van der Waals surface area contributed by atoms with Crippen LogP contribution in [0.4, 0.5) is 5.69 Å². The third-order valence-electron chi connectivity index (χ3n) is 3.13. The average Bonchev–Trinajstić information content (AvgIpc) is 2.81. The Labute approximate surface area is 118 Å². The highest BCUT2D eigenvalue weighted by molar-refractivity contribution is 8.00. The molecule has 3 atom stereocenters. The van der Waals surface area contributed by atoms with E-state index in [0.29, 0.717) is 23.3 Å². The quantitative estimate of drug-likeness (QED) is 0.781. The highest BCUT2D eigenvalue weighted by Crippen LogP contribution is 2.26. The van der Waals surface area contributed by atoms with Crippen molar-refractivity contribution in [1.29, 1.82) is 0 Å². The molecule has 2 rings (SSSR count). The second kappa shape index (κ2) is 7.03. The van der Waals surface area contributed by atoms with E-state index in [1.54, 1.807) is 23.9 Å². The average molecular weight is 283 g/mol. The molecule has 0 saturated carbocycles. The number of hydrogen-bond donors (Lipinski definition) is 2. The number of ether oxygens (including phenoxy) is 2. The smallest absolute Gasteiger partial charge is 0.119 e. The third kappa shape index (κ3) is 4.60. The van der Waals surface area contributed by atoms with Crippen molar-refractivity contribution in [2.45, 2.75) is 30.8 Å². The van der Waals surface area contributed by atoms with Crippen LogP contribution in [0.5, 0.6) is 5.75 Å². The molecule has 3 N–H and O–H groups in total. The van der Waals surface area contributed by atoms with Crippen LogP contribution in [0.25, 0.3) is 0 Å². The molecule has 1 aliphatic rings. The van der Waals surface area contributed by atoms with Crippen LogP contribution in [0.2, 0.25) is 0 Å². The lowest BCUT2D eigenvalue weighted by molar-refractivity contribution is 0.123. The summed E-state index contributed by atoms with van der Waals surface area (Å²) < 4.78 is 11.0. The van der Waals surface area contributed by atoms with E-state index in [-0.39, 0.29) is 6.10 Å². The Balaban J connectivity index is 1.66. The molecule has 1 heterocycles. The Morgan fingerprint density at radius 1 is 1.47 bits per heavy atom. The lowest BCUT2D eigenvalue weighted by Crippen LogP contribution is -2.23. The van der Waals surface area contributed by atoms with Crippen molar-refractivity contribution in [2.24, 2.45) is 0 Å². The molecule has 0 bridgehead atoms. The molecular formula is C14H21NO3S. The fourth-order valence-corrected chi connectivity index (χ4v) is 3.15. The topological polar surface area (TPSA) is 64.7 Å². The molecule has 0 radical (unpaired) electrons. The van der Waals surface area contributed by atoms with Gasteiger partial charge in [-0.25, -0.2) is 0 Å². The Morgan fingerprint density at radius 3 is 2.84 bits per heavy atom. The molecule has 3 unspecified atom stereocenters. The molecule has 1 aliphatic heterocycles. The zero-order valence-electron chi connectivity index (χ0n) is 11.1. The molecule has 19 heavy (non-hydrogen) atoms. The van der Waals surface area contributed by atoms with Gasteiger partial charge in [-0.2, -0.15) is 11.8 Å². The minimum atomic E-state index is -0.463. The highest BCUT2D eigenvalue weighted by Gasteiger charge is 2.25. The summed E-state index contributed by atoms with van der Waals surface area (Å²) in [7, 11) is 0. The Bertz CT molecular complexity index is 385. The summed E-state index contributed by atoms with van der Waals surface area (Å²) in [4.78, 5) is 0. The largest absolute Gasteiger partial charge is 0.491 e. The first-order valence-corrected chi connectivity index (χ1v) is 7.59. The van der Waals surface area contributed by atoms with Crippen LogP contribution >= 0.6 is 11.8 Å². The Morgan fingerprint density at radius 2 is 2.21 bits per heavy atom. The fraction of sp³-hybridized carbons (Fsp3) is 0.571. The number of aliphatic hydroxyl groups excluding tert-OH is 1. The maximum atomic E-state index is 9.90. The number of rotatable bonds is 6. The first kappa shape index (κ1) is 14.5. The Hall–Kier alpha value is -0.910. The predicted octanol–water partition coefficient (Wildman–Crippen LogP) is 1.92. The van der Waals surface area contributed by atoms with E-state index in [1.807, 2.05) is 12.1 Å². The van der Waals surface area contributed by atoms with Gasteiger partial charge < -0.3 is 20.3 Å². The van der Waals surface area contributed by atoms with E-state index < -0.39 is 6.10 Å². The van der Waals surface area contributed by atoms with Crippen LogP contribution in [0.15, 0.2) is 24.3 Å². The summed E-state index contributed by atoms with van der Waals surface area (Å²) in [5, 5.41) is 10.4. The summed E-state index contributed by atoms with van der Waals surface area (Å²) in [6, 6.07) is 7.19. The summed E-state index contributed by atoms with van der Waals surface area (Å²) >= 11 is 1.76. The second-order valence-electron chi connectivity index (χ2n) is 4.77. The summed E-state index contributed by atoms with van der Waals surface area (Å²) in [5.41, 5.74) is 6.30. The molecule has 1 fully saturated rings. The predicted molar refractivity (Wildman–Crippen MR) is 78.6 cm³/mol. The first-order valence-electron chi connectivity index (χ1n) is 6.55. The van der Waals surface area contributed by atoms with Crippen molar-refractivity contribution in [3.05, 3.63) is 24.3 Å². The summed E-state index contributed by atoms with van der Waals surface area (Å²) in [5.74, 6) is 1.41. The van der Waals surface area contributed by atoms with Gasteiger partial charge in [0.1, 0.15) is 12.4 Å². The lowest BCUT2D eigenvalue weighted by atomic mass is 10.3. The van der Waals surface area contributed by atoms with E-state index in [9.17, 15) is 5.11 Å². The van der Waals surface area contributed by atoms with Gasteiger partial charge in [0.15, 0.2) is 0 Å². The van der Waals surface area contributed by atoms with Crippen LogP contribution in [0, 0.1) is 0 Å².